The van der Waals surface area contributed by atoms with Crippen LogP contribution in [0.15, 0.2) is 36.5 Å². The molecule has 0 saturated carbocycles. The number of carbonyl (C=O) groups is 1. The molecule has 156 valence electrons. The Morgan fingerprint density at radius 2 is 1.90 bits per heavy atom. The fraction of sp³-hybridized carbons (Fsp3) is 0.417. The third kappa shape index (κ3) is 2.82. The van der Waals surface area contributed by atoms with Crippen molar-refractivity contribution in [2.24, 2.45) is 0 Å². The quantitative estimate of drug-likeness (QED) is 0.661. The maximum Gasteiger partial charge on any atom is 0.255 e. The standard InChI is InChI=1S/C24H27N3O3/c1-16-17(2)27-15-20(23(28)26-13-7-8-14-26)19-11-12-24(29-3,18-9-5-4-6-10-18)30-21(19)22(27)25-16/h4-6,9-10,15H,7-8,11-14H2,1-3H3. The minimum Gasteiger partial charge on any atom is -0.454 e. The summed E-state index contributed by atoms with van der Waals surface area (Å²) in [7, 11) is 1.68. The average molecular weight is 405 g/mol. The number of likely N-dealkylation sites (tertiary alicyclic amines) is 1. The number of benzene rings is 1. The van der Waals surface area contributed by atoms with Crippen LogP contribution >= 0.6 is 0 Å². The highest BCUT2D eigenvalue weighted by Gasteiger charge is 2.41. The summed E-state index contributed by atoms with van der Waals surface area (Å²) in [6.45, 7) is 5.65. The summed E-state index contributed by atoms with van der Waals surface area (Å²) < 4.78 is 14.6. The van der Waals surface area contributed by atoms with Crippen LogP contribution in [-0.2, 0) is 16.9 Å². The minimum absolute atomic E-state index is 0.0876. The first-order valence-corrected chi connectivity index (χ1v) is 10.6. The summed E-state index contributed by atoms with van der Waals surface area (Å²) in [4.78, 5) is 20.1. The number of fused-ring (bicyclic) bond motifs is 3. The molecule has 3 aromatic rings. The molecule has 0 bridgehead atoms. The number of carbonyl (C=O) groups excluding carboxylic acids is 1. The molecule has 2 aliphatic heterocycles. The lowest BCUT2D eigenvalue weighted by Gasteiger charge is -2.38. The molecule has 30 heavy (non-hydrogen) atoms. The summed E-state index contributed by atoms with van der Waals surface area (Å²) in [5, 5.41) is 0. The lowest BCUT2D eigenvalue weighted by Crippen LogP contribution is -2.40. The maximum absolute atomic E-state index is 13.4. The summed E-state index contributed by atoms with van der Waals surface area (Å²) >= 11 is 0. The Balaban J connectivity index is 1.70. The molecule has 1 fully saturated rings. The maximum atomic E-state index is 13.4. The normalized spacial score (nSPS) is 21.0. The molecule has 2 aromatic heterocycles. The van der Waals surface area contributed by atoms with E-state index in [0.29, 0.717) is 18.6 Å². The van der Waals surface area contributed by atoms with Crippen LogP contribution < -0.4 is 4.74 Å². The van der Waals surface area contributed by atoms with E-state index < -0.39 is 5.79 Å². The van der Waals surface area contributed by atoms with Gasteiger partial charge in [0.15, 0.2) is 11.4 Å². The van der Waals surface area contributed by atoms with Gasteiger partial charge in [-0.25, -0.2) is 4.98 Å². The number of amides is 1. The zero-order valence-electron chi connectivity index (χ0n) is 17.8. The molecule has 6 heteroatoms. The van der Waals surface area contributed by atoms with Crippen LogP contribution in [0.5, 0.6) is 5.75 Å². The molecule has 5 rings (SSSR count). The number of aromatic nitrogens is 2. The van der Waals surface area contributed by atoms with E-state index in [-0.39, 0.29) is 5.91 Å². The topological polar surface area (TPSA) is 56.1 Å². The molecule has 1 amide bonds. The second-order valence-corrected chi connectivity index (χ2v) is 8.25. The molecular weight excluding hydrogens is 378 g/mol. The van der Waals surface area contributed by atoms with E-state index in [9.17, 15) is 4.79 Å². The fourth-order valence-corrected chi connectivity index (χ4v) is 4.70. The van der Waals surface area contributed by atoms with Gasteiger partial charge in [-0.15, -0.1) is 0 Å². The monoisotopic (exact) mass is 405 g/mol. The molecule has 0 radical (unpaired) electrons. The fourth-order valence-electron chi connectivity index (χ4n) is 4.70. The number of rotatable bonds is 3. The molecule has 1 unspecified atom stereocenters. The van der Waals surface area contributed by atoms with E-state index in [2.05, 4.69) is 0 Å². The molecule has 2 aliphatic rings. The van der Waals surface area contributed by atoms with Gasteiger partial charge in [0.25, 0.3) is 5.91 Å². The van der Waals surface area contributed by atoms with Crippen LogP contribution in [0.2, 0.25) is 0 Å². The number of ether oxygens (including phenoxy) is 2. The SMILES string of the molecule is COC1(c2ccccc2)CCc2c(C(=O)N3CCCC3)cn3c(C)c(C)nc3c2O1. The van der Waals surface area contributed by atoms with Gasteiger partial charge in [-0.1, -0.05) is 30.3 Å². The lowest BCUT2D eigenvalue weighted by molar-refractivity contribution is -0.183. The van der Waals surface area contributed by atoms with Crippen molar-refractivity contribution in [2.45, 2.75) is 45.3 Å². The Morgan fingerprint density at radius 3 is 2.60 bits per heavy atom. The number of aryl methyl sites for hydroxylation is 2. The highest BCUT2D eigenvalue weighted by atomic mass is 16.7. The van der Waals surface area contributed by atoms with Crippen molar-refractivity contribution in [1.82, 2.24) is 14.3 Å². The van der Waals surface area contributed by atoms with Crippen molar-refractivity contribution in [3.8, 4) is 5.75 Å². The summed E-state index contributed by atoms with van der Waals surface area (Å²) in [6.07, 6.45) is 5.41. The number of imidazole rings is 1. The first-order valence-electron chi connectivity index (χ1n) is 10.6. The van der Waals surface area contributed by atoms with Gasteiger partial charge >= 0.3 is 0 Å². The van der Waals surface area contributed by atoms with Gasteiger partial charge in [-0.3, -0.25) is 4.79 Å². The molecule has 1 saturated heterocycles. The number of hydrogen-bond acceptors (Lipinski definition) is 4. The molecule has 0 spiro atoms. The summed E-state index contributed by atoms with van der Waals surface area (Å²) in [5.41, 5.74) is 5.31. The largest absolute Gasteiger partial charge is 0.454 e. The Bertz CT molecular complexity index is 1120. The summed E-state index contributed by atoms with van der Waals surface area (Å²) in [6, 6.07) is 10.00. The van der Waals surface area contributed by atoms with Crippen molar-refractivity contribution in [3.63, 3.8) is 0 Å². The Labute approximate surface area is 176 Å². The first kappa shape index (κ1) is 19.1. The van der Waals surface area contributed by atoms with Crippen molar-refractivity contribution in [3.05, 3.63) is 64.6 Å². The molecule has 0 N–H and O–H groups in total. The van der Waals surface area contributed by atoms with Gasteiger partial charge in [-0.05, 0) is 33.1 Å². The zero-order valence-corrected chi connectivity index (χ0v) is 17.8. The third-order valence-corrected chi connectivity index (χ3v) is 6.59. The molecular formula is C24H27N3O3. The van der Waals surface area contributed by atoms with E-state index >= 15 is 0 Å². The van der Waals surface area contributed by atoms with Gasteiger partial charge in [0.05, 0.1) is 11.3 Å². The van der Waals surface area contributed by atoms with Gasteiger partial charge in [-0.2, -0.15) is 0 Å². The third-order valence-electron chi connectivity index (χ3n) is 6.59. The van der Waals surface area contributed by atoms with Crippen molar-refractivity contribution >= 4 is 11.6 Å². The van der Waals surface area contributed by atoms with Crippen molar-refractivity contribution in [2.75, 3.05) is 20.2 Å². The smallest absolute Gasteiger partial charge is 0.255 e. The number of methoxy groups -OCH3 is 1. The molecule has 1 aromatic carbocycles. The average Bonchev–Trinajstić information content (AvgIpc) is 3.42. The number of nitrogens with zero attached hydrogens (tertiary/aromatic N) is 3. The Kier molecular flexibility index (Phi) is 4.54. The van der Waals surface area contributed by atoms with E-state index in [4.69, 9.17) is 14.5 Å². The van der Waals surface area contributed by atoms with E-state index in [1.54, 1.807) is 7.11 Å². The molecule has 6 nitrogen and oxygen atoms in total. The van der Waals surface area contributed by atoms with E-state index in [0.717, 1.165) is 59.7 Å². The molecule has 0 aliphatic carbocycles. The van der Waals surface area contributed by atoms with Crippen LogP contribution in [0.4, 0.5) is 0 Å². The number of pyridine rings is 1. The second kappa shape index (κ2) is 7.13. The number of hydrogen-bond donors (Lipinski definition) is 0. The first-order chi connectivity index (χ1) is 14.5. The van der Waals surface area contributed by atoms with Gasteiger partial charge in [0.1, 0.15) is 0 Å². The van der Waals surface area contributed by atoms with Gasteiger partial charge in [0, 0.05) is 49.6 Å². The molecule has 4 heterocycles. The second-order valence-electron chi connectivity index (χ2n) is 8.25. The minimum atomic E-state index is -0.891. The summed E-state index contributed by atoms with van der Waals surface area (Å²) in [5.74, 6) is -0.143. The predicted molar refractivity (Wildman–Crippen MR) is 114 cm³/mol. The van der Waals surface area contributed by atoms with Gasteiger partial charge in [0.2, 0.25) is 5.79 Å². The zero-order chi connectivity index (χ0) is 20.9. The van der Waals surface area contributed by atoms with Crippen LogP contribution in [0.1, 0.15) is 52.1 Å². The van der Waals surface area contributed by atoms with Crippen LogP contribution in [0, 0.1) is 13.8 Å². The van der Waals surface area contributed by atoms with Crippen LogP contribution in [0.25, 0.3) is 5.65 Å². The lowest BCUT2D eigenvalue weighted by atomic mass is 9.92. The molecule has 1 atom stereocenters. The highest BCUT2D eigenvalue weighted by Crippen LogP contribution is 2.44. The Morgan fingerprint density at radius 1 is 1.17 bits per heavy atom. The highest BCUT2D eigenvalue weighted by molar-refractivity contribution is 5.97. The predicted octanol–water partition coefficient (Wildman–Crippen LogP) is 4.01. The van der Waals surface area contributed by atoms with Crippen molar-refractivity contribution < 1.29 is 14.3 Å². The van der Waals surface area contributed by atoms with Crippen molar-refractivity contribution in [1.29, 1.82) is 0 Å². The van der Waals surface area contributed by atoms with Crippen LogP contribution in [-0.4, -0.2) is 40.4 Å². The Hall–Kier alpha value is -2.86. The van der Waals surface area contributed by atoms with Gasteiger partial charge < -0.3 is 18.8 Å². The van der Waals surface area contributed by atoms with E-state index in [1.165, 1.54) is 0 Å². The van der Waals surface area contributed by atoms with Crippen LogP contribution in [0.3, 0.4) is 0 Å². The van der Waals surface area contributed by atoms with E-state index in [1.807, 2.05) is 59.7 Å².